The molecule has 8 nitrogen and oxygen atoms in total. The standard InChI is InChI=1S/C28H32N4O4/c33-19(17-35-25-10-4-7-22-26(25)20-5-1-2-6-21(20)29-22)15-32-13-11-18(12-14-32)16-36-28-30-23-8-3-9-24(34)27(23)31-28/h1-10,18-19,28-31,33-34H,11-17H2. The number of fused-ring (bicyclic) bond motifs is 4. The minimum absolute atomic E-state index is 0.222. The van der Waals surface area contributed by atoms with E-state index < -0.39 is 6.10 Å². The highest BCUT2D eigenvalue weighted by Gasteiger charge is 2.26. The van der Waals surface area contributed by atoms with Crippen molar-refractivity contribution in [2.75, 3.05) is 43.5 Å². The van der Waals surface area contributed by atoms with Crippen molar-refractivity contribution in [1.82, 2.24) is 9.88 Å². The number of phenolic OH excluding ortho intramolecular Hbond substituents is 1. The second-order valence-corrected chi connectivity index (χ2v) is 9.76. The molecule has 5 N–H and O–H groups in total. The lowest BCUT2D eigenvalue weighted by Gasteiger charge is -2.33. The maximum atomic E-state index is 10.7. The summed E-state index contributed by atoms with van der Waals surface area (Å²) >= 11 is 0. The molecule has 8 heteroatoms. The number of nitrogens with one attached hydrogen (secondary N) is 3. The number of nitrogens with zero attached hydrogens (tertiary/aromatic N) is 1. The highest BCUT2D eigenvalue weighted by Crippen LogP contribution is 2.37. The topological polar surface area (TPSA) is 102 Å². The van der Waals surface area contributed by atoms with Gasteiger partial charge in [-0.2, -0.15) is 0 Å². The number of aliphatic hydroxyl groups excluding tert-OH is 1. The number of anilines is 2. The molecule has 1 fully saturated rings. The number of aromatic hydroxyl groups is 1. The van der Waals surface area contributed by atoms with E-state index in [1.165, 1.54) is 0 Å². The van der Waals surface area contributed by atoms with E-state index in [1.54, 1.807) is 6.07 Å². The molecule has 36 heavy (non-hydrogen) atoms. The van der Waals surface area contributed by atoms with E-state index in [1.807, 2.05) is 42.5 Å². The van der Waals surface area contributed by atoms with Crippen LogP contribution in [-0.4, -0.2) is 65.4 Å². The highest BCUT2D eigenvalue weighted by atomic mass is 16.5. The summed E-state index contributed by atoms with van der Waals surface area (Å²) < 4.78 is 12.1. The molecule has 2 aliphatic heterocycles. The summed E-state index contributed by atoms with van der Waals surface area (Å²) in [7, 11) is 0. The summed E-state index contributed by atoms with van der Waals surface area (Å²) in [6, 6.07) is 19.6. The molecule has 6 rings (SSSR count). The maximum Gasteiger partial charge on any atom is 0.205 e. The maximum absolute atomic E-state index is 10.7. The Balaban J connectivity index is 0.957. The molecule has 2 unspecified atom stereocenters. The first-order valence-electron chi connectivity index (χ1n) is 12.6. The number of aromatic nitrogens is 1. The zero-order valence-corrected chi connectivity index (χ0v) is 20.1. The Labute approximate surface area is 209 Å². The van der Waals surface area contributed by atoms with Crippen LogP contribution in [0.1, 0.15) is 12.8 Å². The van der Waals surface area contributed by atoms with E-state index in [0.717, 1.165) is 59.2 Å². The van der Waals surface area contributed by atoms with Gasteiger partial charge in [0.05, 0.1) is 17.8 Å². The Hall–Kier alpha value is -3.46. The van der Waals surface area contributed by atoms with Crippen molar-refractivity contribution in [3.8, 4) is 11.5 Å². The number of hydrogen-bond acceptors (Lipinski definition) is 7. The van der Waals surface area contributed by atoms with Crippen molar-refractivity contribution in [2.24, 2.45) is 5.92 Å². The van der Waals surface area contributed by atoms with E-state index in [9.17, 15) is 10.2 Å². The van der Waals surface area contributed by atoms with Gasteiger partial charge in [-0.15, -0.1) is 0 Å². The zero-order valence-electron chi connectivity index (χ0n) is 20.1. The molecule has 1 aromatic heterocycles. The molecule has 3 aromatic carbocycles. The number of rotatable bonds is 8. The average molecular weight is 489 g/mol. The van der Waals surface area contributed by atoms with Gasteiger partial charge in [-0.05, 0) is 62.2 Å². The monoisotopic (exact) mass is 488 g/mol. The van der Waals surface area contributed by atoms with Crippen molar-refractivity contribution in [2.45, 2.75) is 25.3 Å². The molecule has 0 amide bonds. The average Bonchev–Trinajstić information content (AvgIpc) is 3.49. The fraction of sp³-hybridized carbons (Fsp3) is 0.357. The summed E-state index contributed by atoms with van der Waals surface area (Å²) in [5.41, 5.74) is 3.66. The number of hydrogen-bond donors (Lipinski definition) is 5. The molecule has 2 atom stereocenters. The van der Waals surface area contributed by atoms with Crippen LogP contribution in [0.4, 0.5) is 11.4 Å². The third kappa shape index (κ3) is 4.67. The molecule has 4 aromatic rings. The van der Waals surface area contributed by atoms with Crippen LogP contribution in [0.25, 0.3) is 21.8 Å². The molecule has 0 spiro atoms. The SMILES string of the molecule is Oc1cccc2c1NC(OCC1CCN(CC(O)COc3cccc4[nH]c5ccccc5c34)CC1)N2. The molecular formula is C28H32N4O4. The summed E-state index contributed by atoms with van der Waals surface area (Å²) in [5, 5.41) is 29.3. The first kappa shape index (κ1) is 23.0. The first-order chi connectivity index (χ1) is 17.6. The van der Waals surface area contributed by atoms with Gasteiger partial charge < -0.3 is 40.2 Å². The zero-order chi connectivity index (χ0) is 24.5. The molecule has 1 saturated heterocycles. The van der Waals surface area contributed by atoms with Crippen molar-refractivity contribution in [3.05, 3.63) is 60.7 Å². The van der Waals surface area contributed by atoms with Crippen LogP contribution in [0, 0.1) is 5.92 Å². The Morgan fingerprint density at radius 2 is 1.75 bits per heavy atom. The first-order valence-corrected chi connectivity index (χ1v) is 12.6. The van der Waals surface area contributed by atoms with Gasteiger partial charge >= 0.3 is 0 Å². The summed E-state index contributed by atoms with van der Waals surface area (Å²) in [6.07, 6.45) is 1.16. The van der Waals surface area contributed by atoms with Crippen LogP contribution >= 0.6 is 0 Å². The minimum Gasteiger partial charge on any atom is -0.506 e. The van der Waals surface area contributed by atoms with Gasteiger partial charge in [-0.25, -0.2) is 0 Å². The van der Waals surface area contributed by atoms with E-state index >= 15 is 0 Å². The van der Waals surface area contributed by atoms with E-state index in [4.69, 9.17) is 9.47 Å². The Kier molecular flexibility index (Phi) is 6.31. The molecule has 0 aliphatic carbocycles. The minimum atomic E-state index is -0.559. The van der Waals surface area contributed by atoms with Crippen molar-refractivity contribution in [3.63, 3.8) is 0 Å². The third-order valence-electron chi connectivity index (χ3n) is 7.20. The Morgan fingerprint density at radius 3 is 2.61 bits per heavy atom. The van der Waals surface area contributed by atoms with Crippen molar-refractivity contribution in [1.29, 1.82) is 0 Å². The van der Waals surface area contributed by atoms with Crippen LogP contribution in [0.2, 0.25) is 0 Å². The van der Waals surface area contributed by atoms with Gasteiger partial charge in [0.1, 0.15) is 29.9 Å². The quantitative estimate of drug-likeness (QED) is 0.236. The summed E-state index contributed by atoms with van der Waals surface area (Å²) in [6.45, 7) is 3.35. The fourth-order valence-corrected chi connectivity index (χ4v) is 5.30. The molecule has 0 saturated carbocycles. The molecule has 0 bridgehead atoms. The van der Waals surface area contributed by atoms with Gasteiger partial charge in [-0.3, -0.25) is 0 Å². The normalized spacial score (nSPS) is 19.2. The number of phenols is 1. The third-order valence-corrected chi connectivity index (χ3v) is 7.20. The van der Waals surface area contributed by atoms with Crippen LogP contribution in [0.3, 0.4) is 0 Å². The summed E-state index contributed by atoms with van der Waals surface area (Å²) in [4.78, 5) is 5.73. The number of aromatic amines is 1. The molecular weight excluding hydrogens is 456 g/mol. The lowest BCUT2D eigenvalue weighted by atomic mass is 9.97. The van der Waals surface area contributed by atoms with E-state index in [0.29, 0.717) is 24.8 Å². The molecule has 3 heterocycles. The molecule has 0 radical (unpaired) electrons. The highest BCUT2D eigenvalue weighted by molar-refractivity contribution is 6.10. The number of para-hydroxylation sites is 2. The van der Waals surface area contributed by atoms with E-state index in [2.05, 4.69) is 32.7 Å². The number of aliphatic hydroxyl groups is 1. The fourth-order valence-electron chi connectivity index (χ4n) is 5.30. The number of benzene rings is 3. The number of ether oxygens (including phenoxy) is 2. The van der Waals surface area contributed by atoms with Gasteiger partial charge in [0, 0.05) is 22.8 Å². The second kappa shape index (κ2) is 9.89. The number of piperidine rings is 1. The molecule has 2 aliphatic rings. The predicted molar refractivity (Wildman–Crippen MR) is 142 cm³/mol. The smallest absolute Gasteiger partial charge is 0.205 e. The Morgan fingerprint density at radius 1 is 0.944 bits per heavy atom. The number of H-pyrrole nitrogens is 1. The Bertz CT molecular complexity index is 1350. The second-order valence-electron chi connectivity index (χ2n) is 9.76. The van der Waals surface area contributed by atoms with Gasteiger partial charge in [-0.1, -0.05) is 30.3 Å². The predicted octanol–water partition coefficient (Wildman–Crippen LogP) is 4.32. The largest absolute Gasteiger partial charge is 0.506 e. The van der Waals surface area contributed by atoms with Gasteiger partial charge in [0.2, 0.25) is 6.35 Å². The lowest BCUT2D eigenvalue weighted by Crippen LogP contribution is -2.42. The molecule has 188 valence electrons. The van der Waals surface area contributed by atoms with Gasteiger partial charge in [0.15, 0.2) is 0 Å². The lowest BCUT2D eigenvalue weighted by molar-refractivity contribution is 0.0236. The van der Waals surface area contributed by atoms with Crippen LogP contribution in [0.15, 0.2) is 60.7 Å². The van der Waals surface area contributed by atoms with Crippen molar-refractivity contribution >= 4 is 33.2 Å². The van der Waals surface area contributed by atoms with Crippen LogP contribution < -0.4 is 15.4 Å². The summed E-state index contributed by atoms with van der Waals surface area (Å²) in [5.74, 6) is 1.49. The van der Waals surface area contributed by atoms with Crippen LogP contribution in [0.5, 0.6) is 11.5 Å². The van der Waals surface area contributed by atoms with Crippen LogP contribution in [-0.2, 0) is 4.74 Å². The van der Waals surface area contributed by atoms with Crippen molar-refractivity contribution < 1.29 is 19.7 Å². The number of likely N-dealkylation sites (tertiary alicyclic amines) is 1. The van der Waals surface area contributed by atoms with E-state index in [-0.39, 0.29) is 18.7 Å². The van der Waals surface area contributed by atoms with Gasteiger partial charge in [0.25, 0.3) is 0 Å². The number of β-amino-alcohol motifs (C(OH)–C–C–N with tert-alkyl or cyclic N) is 1.